The highest BCUT2D eigenvalue weighted by atomic mass is 32.2. The Bertz CT molecular complexity index is 888. The second kappa shape index (κ2) is 8.59. The summed E-state index contributed by atoms with van der Waals surface area (Å²) >= 11 is 0. The third kappa shape index (κ3) is 4.90. The molecule has 2 aromatic rings. The van der Waals surface area contributed by atoms with Gasteiger partial charge in [0.15, 0.2) is 11.6 Å². The van der Waals surface area contributed by atoms with E-state index in [0.717, 1.165) is 6.07 Å². The number of anilines is 1. The molecular weight excluding hydrogens is 375 g/mol. The first-order valence-electron chi connectivity index (χ1n) is 8.56. The van der Waals surface area contributed by atoms with Crippen LogP contribution in [0, 0.1) is 5.82 Å². The van der Waals surface area contributed by atoms with Crippen LogP contribution in [-0.2, 0) is 21.3 Å². The van der Waals surface area contributed by atoms with Crippen molar-refractivity contribution in [2.24, 2.45) is 0 Å². The fourth-order valence-corrected chi connectivity index (χ4v) is 3.58. The van der Waals surface area contributed by atoms with Gasteiger partial charge in [-0.05, 0) is 31.2 Å². The first kappa shape index (κ1) is 19.5. The van der Waals surface area contributed by atoms with Crippen LogP contribution in [0.25, 0.3) is 0 Å². The van der Waals surface area contributed by atoms with Crippen molar-refractivity contribution in [2.75, 3.05) is 37.8 Å². The molecule has 1 saturated heterocycles. The number of ether oxygens (including phenoxy) is 2. The van der Waals surface area contributed by atoms with E-state index in [1.54, 1.807) is 19.2 Å². The number of nitrogens with one attached hydrogen (secondary N) is 1. The van der Waals surface area contributed by atoms with Gasteiger partial charge in [0, 0.05) is 19.3 Å². The van der Waals surface area contributed by atoms with E-state index in [1.165, 1.54) is 12.1 Å². The summed E-state index contributed by atoms with van der Waals surface area (Å²) in [6.45, 7) is 4.55. The summed E-state index contributed by atoms with van der Waals surface area (Å²) in [7, 11) is -3.89. The number of rotatable bonds is 7. The summed E-state index contributed by atoms with van der Waals surface area (Å²) in [6.07, 6.45) is 1.58. The summed E-state index contributed by atoms with van der Waals surface area (Å²) in [5.74, 6) is -0.180. The van der Waals surface area contributed by atoms with Gasteiger partial charge in [0.2, 0.25) is 16.0 Å². The Kier molecular flexibility index (Phi) is 6.19. The van der Waals surface area contributed by atoms with Crippen LogP contribution in [0.1, 0.15) is 12.6 Å². The Hall–Kier alpha value is -2.30. The summed E-state index contributed by atoms with van der Waals surface area (Å²) < 4.78 is 51.6. The van der Waals surface area contributed by atoms with Crippen molar-refractivity contribution in [1.82, 2.24) is 14.7 Å². The van der Waals surface area contributed by atoms with Crippen LogP contribution >= 0.6 is 0 Å². The monoisotopic (exact) mass is 396 g/mol. The van der Waals surface area contributed by atoms with Crippen LogP contribution in [0.5, 0.6) is 5.75 Å². The molecule has 8 nitrogen and oxygen atoms in total. The van der Waals surface area contributed by atoms with Crippen molar-refractivity contribution in [3.05, 3.63) is 42.0 Å². The second-order valence-corrected chi connectivity index (χ2v) is 7.56. The molecule has 27 heavy (non-hydrogen) atoms. The highest BCUT2D eigenvalue weighted by molar-refractivity contribution is 7.89. The number of hydrogen-bond donors (Lipinski definition) is 1. The Morgan fingerprint density at radius 1 is 1.30 bits per heavy atom. The lowest BCUT2D eigenvalue weighted by Gasteiger charge is -2.26. The topological polar surface area (TPSA) is 93.7 Å². The lowest BCUT2D eigenvalue weighted by molar-refractivity contribution is 0.122. The van der Waals surface area contributed by atoms with Crippen LogP contribution in [0.15, 0.2) is 35.4 Å². The van der Waals surface area contributed by atoms with Gasteiger partial charge >= 0.3 is 0 Å². The average molecular weight is 396 g/mol. The standard InChI is InChI=1S/C17H21FN4O4S/c1-2-26-16-4-3-14(11-15(16)18)27(23,24)20-12-13-5-6-19-17(21-13)22-7-9-25-10-8-22/h3-6,11,20H,2,7-10,12H2,1H3. The third-order valence-electron chi connectivity index (χ3n) is 3.95. The number of morpholine rings is 1. The molecule has 10 heteroatoms. The average Bonchev–Trinajstić information content (AvgIpc) is 2.69. The maximum atomic E-state index is 13.9. The zero-order chi connectivity index (χ0) is 19.3. The van der Waals surface area contributed by atoms with E-state index in [2.05, 4.69) is 14.7 Å². The number of benzene rings is 1. The third-order valence-corrected chi connectivity index (χ3v) is 5.35. The fraction of sp³-hybridized carbons (Fsp3) is 0.412. The first-order valence-corrected chi connectivity index (χ1v) is 10.0. The quantitative estimate of drug-likeness (QED) is 0.755. The van der Waals surface area contributed by atoms with Crippen LogP contribution in [0.2, 0.25) is 0 Å². The van der Waals surface area contributed by atoms with Gasteiger partial charge in [0.1, 0.15) is 0 Å². The number of nitrogens with zero attached hydrogens (tertiary/aromatic N) is 3. The minimum absolute atomic E-state index is 0.0161. The highest BCUT2D eigenvalue weighted by Crippen LogP contribution is 2.21. The minimum Gasteiger partial charge on any atom is -0.491 e. The van der Waals surface area contributed by atoms with E-state index in [4.69, 9.17) is 9.47 Å². The molecule has 1 N–H and O–H groups in total. The minimum atomic E-state index is -3.89. The second-order valence-electron chi connectivity index (χ2n) is 5.80. The summed E-state index contributed by atoms with van der Waals surface area (Å²) in [4.78, 5) is 10.4. The molecule has 0 atom stereocenters. The van der Waals surface area contributed by atoms with E-state index in [1.807, 2.05) is 4.90 Å². The molecule has 3 rings (SSSR count). The Labute approximate surface area is 157 Å². The van der Waals surface area contributed by atoms with E-state index in [0.29, 0.717) is 44.6 Å². The molecule has 1 aromatic heterocycles. The van der Waals surface area contributed by atoms with Crippen molar-refractivity contribution in [3.63, 3.8) is 0 Å². The Morgan fingerprint density at radius 3 is 2.78 bits per heavy atom. The predicted molar refractivity (Wildman–Crippen MR) is 96.7 cm³/mol. The molecule has 1 aromatic carbocycles. The van der Waals surface area contributed by atoms with Gasteiger partial charge < -0.3 is 14.4 Å². The van der Waals surface area contributed by atoms with Crippen molar-refractivity contribution >= 4 is 16.0 Å². The maximum absolute atomic E-state index is 13.9. The highest BCUT2D eigenvalue weighted by Gasteiger charge is 2.18. The largest absolute Gasteiger partial charge is 0.491 e. The van der Waals surface area contributed by atoms with Crippen LogP contribution < -0.4 is 14.4 Å². The Morgan fingerprint density at radius 2 is 2.07 bits per heavy atom. The van der Waals surface area contributed by atoms with E-state index < -0.39 is 15.8 Å². The lowest BCUT2D eigenvalue weighted by Crippen LogP contribution is -2.37. The molecule has 0 radical (unpaired) electrons. The normalized spacial score (nSPS) is 15.0. The number of aromatic nitrogens is 2. The van der Waals surface area contributed by atoms with E-state index in [9.17, 15) is 12.8 Å². The van der Waals surface area contributed by atoms with Gasteiger partial charge in [-0.25, -0.2) is 27.5 Å². The van der Waals surface area contributed by atoms with E-state index >= 15 is 0 Å². The molecular formula is C17H21FN4O4S. The molecule has 1 aliphatic rings. The van der Waals surface area contributed by atoms with Gasteiger partial charge in [-0.1, -0.05) is 0 Å². The van der Waals surface area contributed by atoms with Gasteiger partial charge in [-0.2, -0.15) is 0 Å². The number of sulfonamides is 1. The number of hydrogen-bond acceptors (Lipinski definition) is 7. The zero-order valence-electron chi connectivity index (χ0n) is 14.9. The van der Waals surface area contributed by atoms with Gasteiger partial charge in [0.25, 0.3) is 0 Å². The Balaban J connectivity index is 1.69. The smallest absolute Gasteiger partial charge is 0.241 e. The van der Waals surface area contributed by atoms with Gasteiger partial charge in [0.05, 0.1) is 37.0 Å². The van der Waals surface area contributed by atoms with Crippen molar-refractivity contribution in [3.8, 4) is 5.75 Å². The fourth-order valence-electron chi connectivity index (χ4n) is 2.57. The van der Waals surface area contributed by atoms with Crippen LogP contribution in [-0.4, -0.2) is 51.3 Å². The molecule has 2 heterocycles. The molecule has 0 spiro atoms. The van der Waals surface area contributed by atoms with Gasteiger partial charge in [-0.3, -0.25) is 0 Å². The molecule has 1 fully saturated rings. The SMILES string of the molecule is CCOc1ccc(S(=O)(=O)NCc2ccnc(N3CCOCC3)n2)cc1F. The molecule has 0 saturated carbocycles. The molecule has 1 aliphatic heterocycles. The molecule has 0 bridgehead atoms. The molecule has 0 aliphatic carbocycles. The van der Waals surface area contributed by atoms with Crippen molar-refractivity contribution in [1.29, 1.82) is 0 Å². The number of halogens is 1. The first-order chi connectivity index (χ1) is 13.0. The van der Waals surface area contributed by atoms with Crippen molar-refractivity contribution in [2.45, 2.75) is 18.4 Å². The van der Waals surface area contributed by atoms with Gasteiger partial charge in [-0.15, -0.1) is 0 Å². The molecule has 0 amide bonds. The van der Waals surface area contributed by atoms with E-state index in [-0.39, 0.29) is 17.2 Å². The summed E-state index contributed by atoms with van der Waals surface area (Å²) in [6, 6.07) is 5.17. The lowest BCUT2D eigenvalue weighted by atomic mass is 10.3. The van der Waals surface area contributed by atoms with Crippen molar-refractivity contribution < 1.29 is 22.3 Å². The molecule has 146 valence electrons. The summed E-state index contributed by atoms with van der Waals surface area (Å²) in [5, 5.41) is 0. The maximum Gasteiger partial charge on any atom is 0.241 e. The summed E-state index contributed by atoms with van der Waals surface area (Å²) in [5.41, 5.74) is 0.515. The predicted octanol–water partition coefficient (Wildman–Crippen LogP) is 1.33. The van der Waals surface area contributed by atoms with Crippen LogP contribution in [0.3, 0.4) is 0 Å². The molecule has 0 unspecified atom stereocenters. The van der Waals surface area contributed by atoms with Crippen LogP contribution in [0.4, 0.5) is 10.3 Å². The zero-order valence-corrected chi connectivity index (χ0v) is 15.7.